The van der Waals surface area contributed by atoms with Gasteiger partial charge in [-0.05, 0) is 31.5 Å². The van der Waals surface area contributed by atoms with E-state index in [4.69, 9.17) is 16.7 Å². The topological polar surface area (TPSA) is 66.4 Å². The van der Waals surface area contributed by atoms with E-state index in [9.17, 15) is 9.59 Å². The third kappa shape index (κ3) is 3.94. The fourth-order valence-electron chi connectivity index (χ4n) is 1.39. The second kappa shape index (κ2) is 6.39. The van der Waals surface area contributed by atoms with Gasteiger partial charge in [0.25, 0.3) is 5.91 Å². The number of carbonyl (C=O) groups is 2. The lowest BCUT2D eigenvalue weighted by Gasteiger charge is -2.23. The highest BCUT2D eigenvalue weighted by atomic mass is 79.9. The molecule has 0 aliphatic rings. The number of carboxylic acids is 1. The number of amides is 1. The number of halogens is 2. The number of rotatable bonds is 5. The zero-order valence-corrected chi connectivity index (χ0v) is 13.0. The second-order valence-electron chi connectivity index (χ2n) is 4.53. The molecule has 1 atom stereocenters. The Hall–Kier alpha value is -1.07. The van der Waals surface area contributed by atoms with Crippen LogP contribution < -0.4 is 5.32 Å². The molecule has 0 fully saturated rings. The fraction of sp³-hybridized carbons (Fsp3) is 0.385. The van der Waals surface area contributed by atoms with Crippen molar-refractivity contribution < 1.29 is 14.7 Å². The Morgan fingerprint density at radius 3 is 2.63 bits per heavy atom. The summed E-state index contributed by atoms with van der Waals surface area (Å²) < 4.78 is 0.735. The van der Waals surface area contributed by atoms with Crippen molar-refractivity contribution in [3.8, 4) is 0 Å². The third-order valence-electron chi connectivity index (χ3n) is 3.11. The van der Waals surface area contributed by atoms with Crippen LogP contribution in [0.5, 0.6) is 0 Å². The third-order valence-corrected chi connectivity index (χ3v) is 3.93. The van der Waals surface area contributed by atoms with Crippen LogP contribution in [0.1, 0.15) is 30.6 Å². The van der Waals surface area contributed by atoms with E-state index in [1.54, 1.807) is 32.0 Å². The second-order valence-corrected chi connectivity index (χ2v) is 5.85. The van der Waals surface area contributed by atoms with Gasteiger partial charge in [0, 0.05) is 11.0 Å². The minimum absolute atomic E-state index is 0.0561. The van der Waals surface area contributed by atoms with Gasteiger partial charge in [0.05, 0.1) is 16.0 Å². The van der Waals surface area contributed by atoms with Crippen molar-refractivity contribution in [3.05, 3.63) is 33.3 Å². The van der Waals surface area contributed by atoms with Gasteiger partial charge in [-0.25, -0.2) is 0 Å². The zero-order chi connectivity index (χ0) is 14.6. The Morgan fingerprint density at radius 2 is 2.11 bits per heavy atom. The van der Waals surface area contributed by atoms with E-state index in [-0.39, 0.29) is 12.5 Å². The summed E-state index contributed by atoms with van der Waals surface area (Å²) in [4.78, 5) is 23.1. The molecule has 1 aromatic carbocycles. The van der Waals surface area contributed by atoms with Crippen LogP contribution in [-0.2, 0) is 4.79 Å². The van der Waals surface area contributed by atoms with E-state index in [2.05, 4.69) is 21.2 Å². The van der Waals surface area contributed by atoms with Gasteiger partial charge in [0.15, 0.2) is 0 Å². The summed E-state index contributed by atoms with van der Waals surface area (Å²) in [6.07, 6.45) is 0.425. The first-order valence-corrected chi connectivity index (χ1v) is 6.94. The van der Waals surface area contributed by atoms with Crippen LogP contribution in [0.25, 0.3) is 0 Å². The Kier molecular flexibility index (Phi) is 5.38. The molecule has 0 aromatic heterocycles. The summed E-state index contributed by atoms with van der Waals surface area (Å²) >= 11 is 9.20. The SMILES string of the molecule is CCC(C)(CNC(=O)c1cc(Br)ccc1Cl)C(=O)O. The van der Waals surface area contributed by atoms with Crippen LogP contribution in [0.15, 0.2) is 22.7 Å². The van der Waals surface area contributed by atoms with E-state index < -0.39 is 11.4 Å². The first-order valence-electron chi connectivity index (χ1n) is 5.77. The molecular formula is C13H15BrClNO3. The van der Waals surface area contributed by atoms with Crippen LogP contribution in [0.4, 0.5) is 0 Å². The van der Waals surface area contributed by atoms with Crippen molar-refractivity contribution in [2.24, 2.45) is 5.41 Å². The van der Waals surface area contributed by atoms with Crippen LogP contribution in [0.2, 0.25) is 5.02 Å². The highest BCUT2D eigenvalue weighted by Crippen LogP contribution is 2.23. The minimum atomic E-state index is -0.978. The molecular weight excluding hydrogens is 334 g/mol. The van der Waals surface area contributed by atoms with E-state index in [1.165, 1.54) is 0 Å². The molecule has 0 aliphatic carbocycles. The number of benzene rings is 1. The lowest BCUT2D eigenvalue weighted by Crippen LogP contribution is -2.40. The molecule has 0 bridgehead atoms. The summed E-state index contributed by atoms with van der Waals surface area (Å²) in [5, 5.41) is 12.1. The van der Waals surface area contributed by atoms with Crippen LogP contribution in [0, 0.1) is 5.41 Å². The van der Waals surface area contributed by atoms with E-state index in [0.717, 1.165) is 4.47 Å². The molecule has 19 heavy (non-hydrogen) atoms. The molecule has 1 rings (SSSR count). The maximum atomic E-state index is 12.0. The smallest absolute Gasteiger partial charge is 0.311 e. The van der Waals surface area contributed by atoms with Crippen molar-refractivity contribution in [2.45, 2.75) is 20.3 Å². The Balaban J connectivity index is 2.81. The van der Waals surface area contributed by atoms with Crippen LogP contribution in [0.3, 0.4) is 0 Å². The average molecular weight is 349 g/mol. The van der Waals surface area contributed by atoms with E-state index in [0.29, 0.717) is 17.0 Å². The largest absolute Gasteiger partial charge is 0.481 e. The van der Waals surface area contributed by atoms with Crippen molar-refractivity contribution in [3.63, 3.8) is 0 Å². The minimum Gasteiger partial charge on any atom is -0.481 e. The average Bonchev–Trinajstić information content (AvgIpc) is 2.38. The van der Waals surface area contributed by atoms with Gasteiger partial charge in [0.1, 0.15) is 0 Å². The number of hydrogen-bond donors (Lipinski definition) is 2. The van der Waals surface area contributed by atoms with E-state index in [1.807, 2.05) is 0 Å². The van der Waals surface area contributed by atoms with E-state index >= 15 is 0 Å². The number of carbonyl (C=O) groups excluding carboxylic acids is 1. The van der Waals surface area contributed by atoms with Crippen LogP contribution >= 0.6 is 27.5 Å². The highest BCUT2D eigenvalue weighted by Gasteiger charge is 2.31. The number of carboxylic acid groups (broad SMARTS) is 1. The Morgan fingerprint density at radius 1 is 1.47 bits per heavy atom. The Labute approximate surface area is 125 Å². The Bertz CT molecular complexity index is 507. The summed E-state index contributed by atoms with van der Waals surface area (Å²) in [6, 6.07) is 4.94. The maximum Gasteiger partial charge on any atom is 0.311 e. The van der Waals surface area contributed by atoms with Gasteiger partial charge in [-0.15, -0.1) is 0 Å². The van der Waals surface area contributed by atoms with Crippen molar-refractivity contribution in [1.29, 1.82) is 0 Å². The molecule has 0 radical (unpaired) electrons. The molecule has 0 aliphatic heterocycles. The number of nitrogens with one attached hydrogen (secondary N) is 1. The van der Waals surface area contributed by atoms with Gasteiger partial charge in [0.2, 0.25) is 0 Å². The number of hydrogen-bond acceptors (Lipinski definition) is 2. The van der Waals surface area contributed by atoms with Crippen molar-refractivity contribution in [1.82, 2.24) is 5.32 Å². The molecule has 0 saturated heterocycles. The van der Waals surface area contributed by atoms with Crippen molar-refractivity contribution in [2.75, 3.05) is 6.54 Å². The first-order chi connectivity index (χ1) is 8.80. The molecule has 6 heteroatoms. The molecule has 0 heterocycles. The fourth-order valence-corrected chi connectivity index (χ4v) is 1.96. The van der Waals surface area contributed by atoms with Gasteiger partial charge in [-0.1, -0.05) is 34.5 Å². The lowest BCUT2D eigenvalue weighted by atomic mass is 9.87. The summed E-state index contributed by atoms with van der Waals surface area (Å²) in [6.45, 7) is 3.42. The molecule has 2 N–H and O–H groups in total. The molecule has 1 amide bonds. The van der Waals surface area contributed by atoms with Gasteiger partial charge < -0.3 is 10.4 Å². The summed E-state index contributed by atoms with van der Waals surface area (Å²) in [5.74, 6) is -1.32. The predicted molar refractivity (Wildman–Crippen MR) is 77.5 cm³/mol. The molecule has 0 spiro atoms. The normalized spacial score (nSPS) is 13.7. The van der Waals surface area contributed by atoms with Gasteiger partial charge in [-0.2, -0.15) is 0 Å². The first kappa shape index (κ1) is 16.0. The molecule has 104 valence electrons. The summed E-state index contributed by atoms with van der Waals surface area (Å²) in [5.41, 5.74) is -0.659. The quantitative estimate of drug-likeness (QED) is 0.857. The molecule has 1 unspecified atom stereocenters. The molecule has 0 saturated carbocycles. The predicted octanol–water partition coefficient (Wildman–Crippen LogP) is 3.33. The molecule has 4 nitrogen and oxygen atoms in total. The van der Waals surface area contributed by atoms with Crippen molar-refractivity contribution >= 4 is 39.4 Å². The summed E-state index contributed by atoms with van der Waals surface area (Å²) in [7, 11) is 0. The zero-order valence-electron chi connectivity index (χ0n) is 10.7. The lowest BCUT2D eigenvalue weighted by molar-refractivity contribution is -0.147. The van der Waals surface area contributed by atoms with Gasteiger partial charge in [-0.3, -0.25) is 9.59 Å². The standard InChI is InChI=1S/C13H15BrClNO3/c1-3-13(2,12(18)19)7-16-11(17)9-6-8(14)4-5-10(9)15/h4-6H,3,7H2,1-2H3,(H,16,17)(H,18,19). The van der Waals surface area contributed by atoms with Gasteiger partial charge >= 0.3 is 5.97 Å². The monoisotopic (exact) mass is 347 g/mol. The number of aliphatic carboxylic acids is 1. The maximum absolute atomic E-state index is 12.0. The van der Waals surface area contributed by atoms with Crippen LogP contribution in [-0.4, -0.2) is 23.5 Å². The molecule has 1 aromatic rings. The highest BCUT2D eigenvalue weighted by molar-refractivity contribution is 9.10.